The number of hydrogen-bond acceptors (Lipinski definition) is 3. The largest absolute Gasteiger partial charge is 0.322 e. The van der Waals surface area contributed by atoms with E-state index >= 15 is 0 Å². The first-order valence-corrected chi connectivity index (χ1v) is 5.05. The highest BCUT2D eigenvalue weighted by Crippen LogP contribution is 2.11. The summed E-state index contributed by atoms with van der Waals surface area (Å²) in [5, 5.41) is 9.84. The molecule has 0 radical (unpaired) electrons. The van der Waals surface area contributed by atoms with Crippen LogP contribution in [0.4, 0.5) is 0 Å². The van der Waals surface area contributed by atoms with Crippen LogP contribution in [0.1, 0.15) is 5.56 Å². The summed E-state index contributed by atoms with van der Waals surface area (Å²) in [6.07, 6.45) is 2.49. The van der Waals surface area contributed by atoms with Gasteiger partial charge in [-0.2, -0.15) is 4.68 Å². The van der Waals surface area contributed by atoms with Crippen molar-refractivity contribution in [2.75, 3.05) is 0 Å². The molecule has 17 heavy (non-hydrogen) atoms. The molecule has 0 atom stereocenters. The second-order valence-corrected chi connectivity index (χ2v) is 3.59. The van der Waals surface area contributed by atoms with E-state index in [2.05, 4.69) is 15.1 Å². The molecule has 1 aromatic carbocycles. The minimum absolute atomic E-state index is 0.293. The summed E-state index contributed by atoms with van der Waals surface area (Å²) in [7, 11) is 0. The molecule has 2 aromatic heterocycles. The fourth-order valence-electron chi connectivity index (χ4n) is 1.69. The molecule has 3 rings (SSSR count). The van der Waals surface area contributed by atoms with Crippen molar-refractivity contribution in [2.24, 2.45) is 0 Å². The van der Waals surface area contributed by atoms with Gasteiger partial charge in [0.2, 0.25) is 5.95 Å². The molecule has 0 aliphatic carbocycles. The fraction of sp³-hybridized carbons (Fsp3) is 0. The average molecular weight is 227 g/mol. The molecule has 0 spiro atoms. The molecule has 0 aliphatic rings. The maximum Gasteiger partial charge on any atom is 0.282 e. The van der Waals surface area contributed by atoms with E-state index < -0.39 is 0 Å². The highest BCUT2D eigenvalue weighted by molar-refractivity contribution is 5.77. The number of nitrogens with zero attached hydrogens (tertiary/aromatic N) is 2. The summed E-state index contributed by atoms with van der Waals surface area (Å²) >= 11 is 0. The second kappa shape index (κ2) is 3.44. The van der Waals surface area contributed by atoms with E-state index in [1.807, 2.05) is 24.3 Å². The van der Waals surface area contributed by atoms with Gasteiger partial charge < -0.3 is 10.4 Å². The summed E-state index contributed by atoms with van der Waals surface area (Å²) in [6, 6.07) is 7.52. The topological polar surface area (TPSA) is 90.3 Å². The molecule has 0 aliphatic heterocycles. The lowest BCUT2D eigenvalue weighted by Gasteiger charge is -1.92. The highest BCUT2D eigenvalue weighted by atomic mass is 16.1. The molecule has 6 nitrogen and oxygen atoms in total. The van der Waals surface area contributed by atoms with Crippen LogP contribution in [0, 0.1) is 5.41 Å². The predicted molar refractivity (Wildman–Crippen MR) is 63.9 cm³/mol. The Bertz CT molecular complexity index is 715. The molecular formula is C11H9N5O. The van der Waals surface area contributed by atoms with Crippen LogP contribution in [0.5, 0.6) is 0 Å². The number of imidazole rings is 1. The molecule has 0 amide bonds. The maximum absolute atomic E-state index is 11.8. The maximum atomic E-state index is 11.8. The van der Waals surface area contributed by atoms with Crippen molar-refractivity contribution in [1.29, 1.82) is 5.41 Å². The van der Waals surface area contributed by atoms with Gasteiger partial charge in [0.1, 0.15) is 0 Å². The van der Waals surface area contributed by atoms with Crippen molar-refractivity contribution in [3.8, 4) is 5.95 Å². The third-order valence-corrected chi connectivity index (χ3v) is 2.54. The Morgan fingerprint density at radius 3 is 2.88 bits per heavy atom. The Hall–Kier alpha value is -2.63. The second-order valence-electron chi connectivity index (χ2n) is 3.59. The molecule has 0 bridgehead atoms. The molecule has 84 valence electrons. The standard InChI is InChI=1S/C11H9N5O/c12-5-7-6-13-16(10(7)17)11-14-8-3-1-2-4-9(8)15-11/h1-6,12-13H,(H,14,15). The van der Waals surface area contributed by atoms with Gasteiger partial charge in [0.25, 0.3) is 5.56 Å². The summed E-state index contributed by atoms with van der Waals surface area (Å²) < 4.78 is 1.28. The van der Waals surface area contributed by atoms with Crippen LogP contribution >= 0.6 is 0 Å². The van der Waals surface area contributed by atoms with Gasteiger partial charge in [-0.15, -0.1) is 0 Å². The van der Waals surface area contributed by atoms with E-state index in [1.165, 1.54) is 10.9 Å². The molecule has 3 aromatic rings. The smallest absolute Gasteiger partial charge is 0.282 e. The van der Waals surface area contributed by atoms with Gasteiger partial charge >= 0.3 is 0 Å². The normalized spacial score (nSPS) is 10.8. The lowest BCUT2D eigenvalue weighted by atomic mass is 10.3. The number of para-hydroxylation sites is 2. The number of nitrogens with one attached hydrogen (secondary N) is 3. The Morgan fingerprint density at radius 1 is 1.35 bits per heavy atom. The molecule has 0 saturated carbocycles. The zero-order chi connectivity index (χ0) is 11.8. The van der Waals surface area contributed by atoms with Gasteiger partial charge in [0.05, 0.1) is 16.6 Å². The first-order chi connectivity index (χ1) is 8.29. The van der Waals surface area contributed by atoms with Gasteiger partial charge in [-0.1, -0.05) is 12.1 Å². The van der Waals surface area contributed by atoms with Crippen LogP contribution in [-0.4, -0.2) is 26.0 Å². The van der Waals surface area contributed by atoms with Gasteiger partial charge in [0.15, 0.2) is 0 Å². The van der Waals surface area contributed by atoms with Crippen LogP contribution in [-0.2, 0) is 0 Å². The third kappa shape index (κ3) is 1.38. The number of aromatic amines is 2. The molecule has 2 heterocycles. The van der Waals surface area contributed by atoms with Crippen molar-refractivity contribution in [3.63, 3.8) is 0 Å². The summed E-state index contributed by atoms with van der Waals surface area (Å²) in [5.41, 5.74) is 1.66. The number of hydrogen-bond donors (Lipinski definition) is 3. The Morgan fingerprint density at radius 2 is 2.18 bits per heavy atom. The van der Waals surface area contributed by atoms with Crippen LogP contribution < -0.4 is 5.56 Å². The number of H-pyrrole nitrogens is 2. The molecular weight excluding hydrogens is 218 g/mol. The number of fused-ring (bicyclic) bond motifs is 1. The zero-order valence-electron chi connectivity index (χ0n) is 8.77. The van der Waals surface area contributed by atoms with E-state index in [0.29, 0.717) is 11.5 Å². The highest BCUT2D eigenvalue weighted by Gasteiger charge is 2.09. The molecule has 3 N–H and O–H groups in total. The lowest BCUT2D eigenvalue weighted by Crippen LogP contribution is -2.18. The summed E-state index contributed by atoms with van der Waals surface area (Å²) in [6.45, 7) is 0. The Balaban J connectivity index is 2.23. The first kappa shape index (κ1) is 9.59. The van der Waals surface area contributed by atoms with Crippen molar-refractivity contribution < 1.29 is 0 Å². The summed E-state index contributed by atoms with van der Waals surface area (Å²) in [5.74, 6) is 0.421. The number of rotatable bonds is 2. The van der Waals surface area contributed by atoms with Crippen LogP contribution in [0.25, 0.3) is 17.0 Å². The minimum Gasteiger partial charge on any atom is -0.322 e. The van der Waals surface area contributed by atoms with E-state index in [0.717, 1.165) is 17.2 Å². The van der Waals surface area contributed by atoms with E-state index in [9.17, 15) is 4.79 Å². The monoisotopic (exact) mass is 227 g/mol. The first-order valence-electron chi connectivity index (χ1n) is 5.05. The molecule has 0 unspecified atom stereocenters. The lowest BCUT2D eigenvalue weighted by molar-refractivity contribution is 0.801. The van der Waals surface area contributed by atoms with E-state index in [1.54, 1.807) is 0 Å². The molecule has 6 heteroatoms. The van der Waals surface area contributed by atoms with E-state index in [-0.39, 0.29) is 5.56 Å². The van der Waals surface area contributed by atoms with Crippen LogP contribution in [0.3, 0.4) is 0 Å². The average Bonchev–Trinajstić information content (AvgIpc) is 2.91. The van der Waals surface area contributed by atoms with Crippen molar-refractivity contribution in [1.82, 2.24) is 19.7 Å². The molecule has 0 fully saturated rings. The van der Waals surface area contributed by atoms with Gasteiger partial charge in [-0.25, -0.2) is 4.98 Å². The van der Waals surface area contributed by atoms with Crippen molar-refractivity contribution >= 4 is 17.2 Å². The predicted octanol–water partition coefficient (Wildman–Crippen LogP) is 1.04. The quantitative estimate of drug-likeness (QED) is 0.571. The van der Waals surface area contributed by atoms with Crippen LogP contribution in [0.2, 0.25) is 0 Å². The third-order valence-electron chi connectivity index (χ3n) is 2.54. The van der Waals surface area contributed by atoms with Gasteiger partial charge in [-0.05, 0) is 12.1 Å². The van der Waals surface area contributed by atoms with Crippen molar-refractivity contribution in [2.45, 2.75) is 0 Å². The summed E-state index contributed by atoms with van der Waals surface area (Å²) in [4.78, 5) is 19.1. The van der Waals surface area contributed by atoms with Gasteiger partial charge in [-0.3, -0.25) is 9.89 Å². The fourth-order valence-corrected chi connectivity index (χ4v) is 1.69. The Kier molecular flexibility index (Phi) is 1.94. The SMILES string of the molecule is N=Cc1c[nH]n(-c2nc3ccccc3[nH]2)c1=O. The molecule has 0 saturated heterocycles. The minimum atomic E-state index is -0.293. The number of aromatic nitrogens is 4. The number of benzene rings is 1. The van der Waals surface area contributed by atoms with Crippen molar-refractivity contribution in [3.05, 3.63) is 46.4 Å². The van der Waals surface area contributed by atoms with E-state index in [4.69, 9.17) is 5.41 Å². The Labute approximate surface area is 95.4 Å². The zero-order valence-corrected chi connectivity index (χ0v) is 8.77. The van der Waals surface area contributed by atoms with Gasteiger partial charge in [0, 0.05) is 12.4 Å². The van der Waals surface area contributed by atoms with Crippen LogP contribution in [0.15, 0.2) is 35.3 Å².